The number of hydrogen-bond acceptors (Lipinski definition) is 4. The molecule has 5 N–H and O–H groups in total. The Morgan fingerprint density at radius 3 is 2.73 bits per heavy atom. The van der Waals surface area contributed by atoms with Gasteiger partial charge in [0.25, 0.3) is 0 Å². The van der Waals surface area contributed by atoms with E-state index in [1.165, 1.54) is 0 Å². The fraction of sp³-hybridized carbons (Fsp3) is 0.300. The van der Waals surface area contributed by atoms with Gasteiger partial charge in [-0.05, 0) is 18.2 Å². The van der Waals surface area contributed by atoms with Crippen LogP contribution < -0.4 is 21.7 Å². The molecule has 0 bridgehead atoms. The van der Waals surface area contributed by atoms with E-state index in [0.29, 0.717) is 24.5 Å². The Balaban J connectivity index is 2.21. The highest BCUT2D eigenvalue weighted by Crippen LogP contribution is 2.23. The van der Waals surface area contributed by atoms with E-state index in [9.17, 15) is 4.79 Å². The summed E-state index contributed by atoms with van der Waals surface area (Å²) in [4.78, 5) is 13.2. The zero-order chi connectivity index (χ0) is 10.8. The molecule has 1 aromatic rings. The molecule has 0 atom stereocenters. The number of rotatable bonds is 1. The van der Waals surface area contributed by atoms with Gasteiger partial charge in [0.1, 0.15) is 0 Å². The van der Waals surface area contributed by atoms with Crippen LogP contribution >= 0.6 is 0 Å². The van der Waals surface area contributed by atoms with Crippen LogP contribution in [-0.4, -0.2) is 25.5 Å². The number of carbonyl (C=O) groups is 1. The fourth-order valence-electron chi connectivity index (χ4n) is 1.62. The Morgan fingerprint density at radius 2 is 2.07 bits per heavy atom. The van der Waals surface area contributed by atoms with Crippen molar-refractivity contribution in [3.05, 3.63) is 18.2 Å². The van der Waals surface area contributed by atoms with Crippen molar-refractivity contribution in [2.45, 2.75) is 0 Å². The Labute approximate surface area is 88.0 Å². The molecule has 0 saturated carbocycles. The van der Waals surface area contributed by atoms with Crippen LogP contribution in [0, 0.1) is 0 Å². The van der Waals surface area contributed by atoms with Crippen LogP contribution in [0.25, 0.3) is 0 Å². The molecule has 15 heavy (non-hydrogen) atoms. The van der Waals surface area contributed by atoms with Gasteiger partial charge in [-0.25, -0.2) is 0 Å². The molecule has 0 aromatic heterocycles. The summed E-state index contributed by atoms with van der Waals surface area (Å²) in [6.07, 6.45) is 0. The normalized spacial score (nSPS) is 16.3. The molecular formula is C10H14N4O. The van der Waals surface area contributed by atoms with Gasteiger partial charge in [0.15, 0.2) is 0 Å². The average Bonchev–Trinajstić information content (AvgIpc) is 2.22. The van der Waals surface area contributed by atoms with Crippen LogP contribution in [0.3, 0.4) is 0 Å². The Kier molecular flexibility index (Phi) is 2.37. The third-order valence-electron chi connectivity index (χ3n) is 2.47. The number of benzene rings is 1. The molecule has 5 heteroatoms. The number of anilines is 3. The molecule has 2 rings (SSSR count). The maximum atomic E-state index is 11.2. The van der Waals surface area contributed by atoms with Crippen LogP contribution in [0.2, 0.25) is 0 Å². The highest BCUT2D eigenvalue weighted by Gasteiger charge is 2.16. The van der Waals surface area contributed by atoms with Crippen LogP contribution in [0.5, 0.6) is 0 Å². The Morgan fingerprint density at radius 1 is 1.27 bits per heavy atom. The van der Waals surface area contributed by atoms with Crippen LogP contribution in [0.1, 0.15) is 0 Å². The van der Waals surface area contributed by atoms with Gasteiger partial charge in [-0.15, -0.1) is 0 Å². The predicted molar refractivity (Wildman–Crippen MR) is 60.5 cm³/mol. The monoisotopic (exact) mass is 206 g/mol. The van der Waals surface area contributed by atoms with Gasteiger partial charge in [-0.2, -0.15) is 0 Å². The molecule has 80 valence electrons. The van der Waals surface area contributed by atoms with E-state index in [2.05, 4.69) is 5.32 Å². The smallest absolute Gasteiger partial charge is 0.239 e. The summed E-state index contributed by atoms with van der Waals surface area (Å²) in [6.45, 7) is 1.85. The van der Waals surface area contributed by atoms with Gasteiger partial charge in [0.05, 0.1) is 17.9 Å². The number of carbonyl (C=O) groups excluding carboxylic acids is 1. The summed E-state index contributed by atoms with van der Waals surface area (Å²) < 4.78 is 0. The summed E-state index contributed by atoms with van der Waals surface area (Å²) in [5, 5.41) is 2.77. The van der Waals surface area contributed by atoms with Gasteiger partial charge in [-0.3, -0.25) is 4.79 Å². The lowest BCUT2D eigenvalue weighted by Gasteiger charge is -2.28. The molecule has 1 heterocycles. The molecule has 1 aliphatic rings. The van der Waals surface area contributed by atoms with E-state index in [4.69, 9.17) is 11.5 Å². The van der Waals surface area contributed by atoms with E-state index in [-0.39, 0.29) is 5.91 Å². The highest BCUT2D eigenvalue weighted by atomic mass is 16.2. The molecule has 1 saturated heterocycles. The molecule has 1 aromatic carbocycles. The van der Waals surface area contributed by atoms with E-state index in [0.717, 1.165) is 12.2 Å². The van der Waals surface area contributed by atoms with Crippen molar-refractivity contribution in [1.82, 2.24) is 5.32 Å². The first-order valence-corrected chi connectivity index (χ1v) is 4.83. The summed E-state index contributed by atoms with van der Waals surface area (Å²) >= 11 is 0. The molecule has 1 amide bonds. The standard InChI is InChI=1S/C10H14N4O/c11-8-2-1-7(5-9(8)12)14-4-3-13-10(15)6-14/h1-2,5H,3-4,6,11-12H2,(H,13,15). The SMILES string of the molecule is Nc1ccc(N2CCNC(=O)C2)cc1N. The second kappa shape index (κ2) is 3.68. The number of piperazine rings is 1. The number of nitrogen functional groups attached to an aromatic ring is 2. The van der Waals surface area contributed by atoms with Crippen molar-refractivity contribution in [3.8, 4) is 0 Å². The maximum Gasteiger partial charge on any atom is 0.239 e. The van der Waals surface area contributed by atoms with Crippen LogP contribution in [0.15, 0.2) is 18.2 Å². The number of nitrogens with one attached hydrogen (secondary N) is 1. The summed E-state index contributed by atoms with van der Waals surface area (Å²) in [7, 11) is 0. The number of hydrogen-bond donors (Lipinski definition) is 3. The van der Waals surface area contributed by atoms with Crippen molar-refractivity contribution in [2.75, 3.05) is 36.0 Å². The Hall–Kier alpha value is -1.91. The minimum atomic E-state index is 0.0386. The lowest BCUT2D eigenvalue weighted by molar-refractivity contribution is -0.120. The molecule has 5 nitrogen and oxygen atoms in total. The number of nitrogens with two attached hydrogens (primary N) is 2. The van der Waals surface area contributed by atoms with E-state index < -0.39 is 0 Å². The van der Waals surface area contributed by atoms with Crippen LogP contribution in [-0.2, 0) is 4.79 Å². The number of nitrogens with zero attached hydrogens (tertiary/aromatic N) is 1. The Bertz CT molecular complexity index is 391. The van der Waals surface area contributed by atoms with Crippen molar-refractivity contribution >= 4 is 23.0 Å². The number of amides is 1. The molecule has 0 spiro atoms. The first-order valence-electron chi connectivity index (χ1n) is 4.83. The second-order valence-corrected chi connectivity index (χ2v) is 3.58. The summed E-state index contributed by atoms with van der Waals surface area (Å²) in [5.74, 6) is 0.0386. The van der Waals surface area contributed by atoms with Crippen molar-refractivity contribution in [3.63, 3.8) is 0 Å². The van der Waals surface area contributed by atoms with Gasteiger partial charge in [0, 0.05) is 18.8 Å². The fourth-order valence-corrected chi connectivity index (χ4v) is 1.62. The largest absolute Gasteiger partial charge is 0.397 e. The molecule has 0 unspecified atom stereocenters. The summed E-state index contributed by atoms with van der Waals surface area (Å²) in [6, 6.07) is 5.44. The minimum absolute atomic E-state index is 0.0386. The van der Waals surface area contributed by atoms with Gasteiger partial charge in [-0.1, -0.05) is 0 Å². The van der Waals surface area contributed by atoms with Gasteiger partial charge in [0.2, 0.25) is 5.91 Å². The first kappa shape index (κ1) is 9.64. The molecular weight excluding hydrogens is 192 g/mol. The van der Waals surface area contributed by atoms with Gasteiger partial charge >= 0.3 is 0 Å². The predicted octanol–water partition coefficient (Wildman–Crippen LogP) is -0.213. The summed E-state index contributed by atoms with van der Waals surface area (Å²) in [5.41, 5.74) is 13.4. The topological polar surface area (TPSA) is 84.4 Å². The lowest BCUT2D eigenvalue weighted by atomic mass is 10.2. The van der Waals surface area contributed by atoms with Crippen LogP contribution in [0.4, 0.5) is 17.1 Å². The van der Waals surface area contributed by atoms with E-state index in [1.54, 1.807) is 12.1 Å². The lowest BCUT2D eigenvalue weighted by Crippen LogP contribution is -2.47. The zero-order valence-electron chi connectivity index (χ0n) is 8.36. The molecule has 0 aliphatic carbocycles. The van der Waals surface area contributed by atoms with E-state index in [1.807, 2.05) is 11.0 Å². The first-order chi connectivity index (χ1) is 7.16. The quantitative estimate of drug-likeness (QED) is 0.555. The third kappa shape index (κ3) is 1.96. The van der Waals surface area contributed by atoms with Gasteiger partial charge < -0.3 is 21.7 Å². The van der Waals surface area contributed by atoms with Crippen molar-refractivity contribution in [2.24, 2.45) is 0 Å². The van der Waals surface area contributed by atoms with E-state index >= 15 is 0 Å². The second-order valence-electron chi connectivity index (χ2n) is 3.58. The molecule has 1 fully saturated rings. The third-order valence-corrected chi connectivity index (χ3v) is 2.47. The average molecular weight is 206 g/mol. The highest BCUT2D eigenvalue weighted by molar-refractivity contribution is 5.83. The van der Waals surface area contributed by atoms with Crippen molar-refractivity contribution in [1.29, 1.82) is 0 Å². The molecule has 1 aliphatic heterocycles. The molecule has 0 radical (unpaired) electrons. The zero-order valence-corrected chi connectivity index (χ0v) is 8.36. The van der Waals surface area contributed by atoms with Crippen molar-refractivity contribution < 1.29 is 4.79 Å². The maximum absolute atomic E-state index is 11.2. The minimum Gasteiger partial charge on any atom is -0.397 e.